The summed E-state index contributed by atoms with van der Waals surface area (Å²) in [6.45, 7) is 4.56. The Kier molecular flexibility index (Phi) is 7.73. The first-order valence-electron chi connectivity index (χ1n) is 6.86. The number of nitrogen functional groups attached to an aromatic ring is 1. The Labute approximate surface area is 123 Å². The van der Waals surface area contributed by atoms with Crippen molar-refractivity contribution in [2.75, 3.05) is 45.9 Å². The topological polar surface area (TPSA) is 97.7 Å². The van der Waals surface area contributed by atoms with Gasteiger partial charge in [0.05, 0.1) is 39.6 Å². The van der Waals surface area contributed by atoms with Crippen LogP contribution in [0.5, 0.6) is 0 Å². The van der Waals surface area contributed by atoms with E-state index in [0.29, 0.717) is 33.0 Å². The van der Waals surface area contributed by atoms with Crippen LogP contribution < -0.4 is 17.0 Å². The van der Waals surface area contributed by atoms with Gasteiger partial charge >= 0.3 is 5.69 Å². The summed E-state index contributed by atoms with van der Waals surface area (Å²) in [5, 5.41) is 0. The zero-order valence-electron chi connectivity index (χ0n) is 12.5. The number of hydrogen-bond donors (Lipinski definition) is 1. The van der Waals surface area contributed by atoms with Gasteiger partial charge < -0.3 is 19.9 Å². The molecule has 0 aromatic carbocycles. The molecule has 0 aliphatic carbocycles. The van der Waals surface area contributed by atoms with Crippen molar-refractivity contribution in [1.29, 1.82) is 0 Å². The zero-order valence-corrected chi connectivity index (χ0v) is 12.5. The van der Waals surface area contributed by atoms with Crippen molar-refractivity contribution < 1.29 is 14.2 Å². The predicted molar refractivity (Wildman–Crippen MR) is 78.6 cm³/mol. The number of anilines is 1. The van der Waals surface area contributed by atoms with Gasteiger partial charge in [0, 0.05) is 19.9 Å². The molecule has 0 atom stereocenters. The SMILES string of the molecule is CCn1cc(N)c(=O)n(CCOCCOCCOC)c1=O. The number of hydrogen-bond acceptors (Lipinski definition) is 6. The van der Waals surface area contributed by atoms with E-state index in [1.165, 1.54) is 10.8 Å². The van der Waals surface area contributed by atoms with Crippen LogP contribution in [0.25, 0.3) is 0 Å². The molecule has 0 unspecified atom stereocenters. The van der Waals surface area contributed by atoms with E-state index >= 15 is 0 Å². The lowest BCUT2D eigenvalue weighted by atomic mass is 10.5. The molecule has 1 rings (SSSR count). The summed E-state index contributed by atoms with van der Waals surface area (Å²) >= 11 is 0. The van der Waals surface area contributed by atoms with Gasteiger partial charge in [0.25, 0.3) is 5.56 Å². The predicted octanol–water partition coefficient (Wildman–Crippen LogP) is -0.708. The summed E-state index contributed by atoms with van der Waals surface area (Å²) in [5.74, 6) is 0. The van der Waals surface area contributed by atoms with Crippen molar-refractivity contribution in [3.8, 4) is 0 Å². The van der Waals surface area contributed by atoms with E-state index in [4.69, 9.17) is 19.9 Å². The van der Waals surface area contributed by atoms with E-state index in [-0.39, 0.29) is 24.5 Å². The molecule has 0 spiro atoms. The second-order valence-corrected chi connectivity index (χ2v) is 4.33. The van der Waals surface area contributed by atoms with E-state index in [2.05, 4.69) is 0 Å². The Morgan fingerprint density at radius 3 is 2.33 bits per heavy atom. The molecule has 1 aromatic heterocycles. The Morgan fingerprint density at radius 1 is 1.10 bits per heavy atom. The Morgan fingerprint density at radius 2 is 1.71 bits per heavy atom. The fourth-order valence-electron chi connectivity index (χ4n) is 1.72. The second-order valence-electron chi connectivity index (χ2n) is 4.33. The van der Waals surface area contributed by atoms with Gasteiger partial charge in [0.1, 0.15) is 5.69 Å². The van der Waals surface area contributed by atoms with E-state index in [1.54, 1.807) is 7.11 Å². The third-order valence-electron chi connectivity index (χ3n) is 2.87. The Hall–Kier alpha value is -1.64. The molecule has 1 aromatic rings. The number of methoxy groups -OCH3 is 1. The largest absolute Gasteiger partial charge is 0.393 e. The minimum Gasteiger partial charge on any atom is -0.393 e. The normalized spacial score (nSPS) is 11.0. The van der Waals surface area contributed by atoms with Crippen molar-refractivity contribution in [2.24, 2.45) is 0 Å². The van der Waals surface area contributed by atoms with Gasteiger partial charge in [-0.3, -0.25) is 13.9 Å². The molecule has 0 fully saturated rings. The summed E-state index contributed by atoms with van der Waals surface area (Å²) in [5.41, 5.74) is 4.79. The lowest BCUT2D eigenvalue weighted by molar-refractivity contribution is 0.0227. The molecular formula is C13H23N3O5. The molecule has 0 saturated heterocycles. The molecule has 0 aliphatic heterocycles. The molecule has 21 heavy (non-hydrogen) atoms. The number of nitrogens with zero attached hydrogens (tertiary/aromatic N) is 2. The third-order valence-corrected chi connectivity index (χ3v) is 2.87. The van der Waals surface area contributed by atoms with Gasteiger partial charge in [-0.15, -0.1) is 0 Å². The molecular weight excluding hydrogens is 278 g/mol. The number of rotatable bonds is 10. The third kappa shape index (κ3) is 5.33. The highest BCUT2D eigenvalue weighted by Crippen LogP contribution is 1.90. The van der Waals surface area contributed by atoms with Crippen LogP contribution in [-0.2, 0) is 27.3 Å². The highest BCUT2D eigenvalue weighted by molar-refractivity contribution is 5.30. The van der Waals surface area contributed by atoms with E-state index in [1.807, 2.05) is 6.92 Å². The van der Waals surface area contributed by atoms with Gasteiger partial charge in [0.15, 0.2) is 0 Å². The standard InChI is InChI=1S/C13H23N3O5/c1-3-15-10-11(14)12(17)16(13(15)18)4-5-20-8-9-21-7-6-19-2/h10H,3-9,14H2,1-2H3. The lowest BCUT2D eigenvalue weighted by Gasteiger charge is -2.10. The number of ether oxygens (including phenoxy) is 3. The van der Waals surface area contributed by atoms with Crippen LogP contribution in [0.2, 0.25) is 0 Å². The molecule has 120 valence electrons. The quantitative estimate of drug-likeness (QED) is 0.573. The average Bonchev–Trinajstić information content (AvgIpc) is 2.48. The minimum absolute atomic E-state index is 0.0550. The van der Waals surface area contributed by atoms with Crippen LogP contribution in [0, 0.1) is 0 Å². The van der Waals surface area contributed by atoms with E-state index in [9.17, 15) is 9.59 Å². The monoisotopic (exact) mass is 301 g/mol. The first-order chi connectivity index (χ1) is 10.1. The molecule has 2 N–H and O–H groups in total. The van der Waals surface area contributed by atoms with Crippen molar-refractivity contribution in [3.05, 3.63) is 27.0 Å². The van der Waals surface area contributed by atoms with Gasteiger partial charge in [-0.25, -0.2) is 4.79 Å². The lowest BCUT2D eigenvalue weighted by Crippen LogP contribution is -2.41. The smallest absolute Gasteiger partial charge is 0.331 e. The van der Waals surface area contributed by atoms with Gasteiger partial charge in [-0.1, -0.05) is 0 Å². The molecule has 1 heterocycles. The molecule has 0 radical (unpaired) electrons. The number of aromatic nitrogens is 2. The van der Waals surface area contributed by atoms with Gasteiger partial charge in [-0.2, -0.15) is 0 Å². The van der Waals surface area contributed by atoms with Crippen LogP contribution in [0.4, 0.5) is 5.69 Å². The molecule has 0 bridgehead atoms. The van der Waals surface area contributed by atoms with Crippen molar-refractivity contribution >= 4 is 5.69 Å². The number of nitrogens with two attached hydrogens (primary N) is 1. The Bertz CT molecular complexity index is 538. The number of aryl methyl sites for hydroxylation is 1. The van der Waals surface area contributed by atoms with Crippen molar-refractivity contribution in [2.45, 2.75) is 20.0 Å². The minimum atomic E-state index is -0.482. The average molecular weight is 301 g/mol. The Balaban J connectivity index is 2.44. The second kappa shape index (κ2) is 9.32. The molecule has 0 aliphatic rings. The van der Waals surface area contributed by atoms with Crippen LogP contribution in [0.1, 0.15) is 6.92 Å². The van der Waals surface area contributed by atoms with Crippen LogP contribution in [0.3, 0.4) is 0 Å². The van der Waals surface area contributed by atoms with E-state index < -0.39 is 5.56 Å². The maximum Gasteiger partial charge on any atom is 0.331 e. The van der Waals surface area contributed by atoms with Gasteiger partial charge in [-0.05, 0) is 6.92 Å². The highest BCUT2D eigenvalue weighted by atomic mass is 16.5. The summed E-state index contributed by atoms with van der Waals surface area (Å²) in [4.78, 5) is 23.8. The van der Waals surface area contributed by atoms with E-state index in [0.717, 1.165) is 4.57 Å². The highest BCUT2D eigenvalue weighted by Gasteiger charge is 2.08. The molecule has 8 nitrogen and oxygen atoms in total. The van der Waals surface area contributed by atoms with Crippen molar-refractivity contribution in [3.63, 3.8) is 0 Å². The maximum absolute atomic E-state index is 12.0. The van der Waals surface area contributed by atoms with Crippen LogP contribution >= 0.6 is 0 Å². The first kappa shape index (κ1) is 17.4. The maximum atomic E-state index is 12.0. The molecule has 0 saturated carbocycles. The fraction of sp³-hybridized carbons (Fsp3) is 0.692. The summed E-state index contributed by atoms with van der Waals surface area (Å²) in [6.07, 6.45) is 1.37. The van der Waals surface area contributed by atoms with Crippen molar-refractivity contribution in [1.82, 2.24) is 9.13 Å². The first-order valence-corrected chi connectivity index (χ1v) is 6.86. The van der Waals surface area contributed by atoms with Crippen LogP contribution in [0.15, 0.2) is 15.8 Å². The van der Waals surface area contributed by atoms with Gasteiger partial charge in [0.2, 0.25) is 0 Å². The molecule has 0 amide bonds. The fourth-order valence-corrected chi connectivity index (χ4v) is 1.72. The summed E-state index contributed by atoms with van der Waals surface area (Å²) < 4.78 is 17.9. The zero-order chi connectivity index (χ0) is 15.7. The summed E-state index contributed by atoms with van der Waals surface area (Å²) in [6, 6.07) is 0. The van der Waals surface area contributed by atoms with Crippen LogP contribution in [-0.4, -0.2) is 49.3 Å². The summed E-state index contributed by atoms with van der Waals surface area (Å²) in [7, 11) is 1.60. The molecule has 8 heteroatoms.